The molecule has 9 aromatic rings. The Morgan fingerprint density at radius 1 is 0.506 bits per heavy atom. The average Bonchev–Trinajstić information content (AvgIpc) is 2.03. The molecule has 6 heterocycles. The first-order valence-electron chi connectivity index (χ1n) is 28.6. The second-order valence-electron chi connectivity index (χ2n) is 20.8. The van der Waals surface area contributed by atoms with Gasteiger partial charge in [0.1, 0.15) is 5.75 Å². The van der Waals surface area contributed by atoms with Gasteiger partial charge in [-0.15, -0.1) is 22.7 Å². The van der Waals surface area contributed by atoms with E-state index in [-0.39, 0.29) is 24.9 Å². The molecule has 3 aliphatic heterocycles. The van der Waals surface area contributed by atoms with Gasteiger partial charge in [0.2, 0.25) is 5.75 Å². The summed E-state index contributed by atoms with van der Waals surface area (Å²) in [5.74, 6) is 2.00. The summed E-state index contributed by atoms with van der Waals surface area (Å²) in [7, 11) is 6.22. The number of rotatable bonds is 18. The molecule has 3 aromatic heterocycles. The van der Waals surface area contributed by atoms with Crippen molar-refractivity contribution in [3.8, 4) is 79.0 Å². The number of carbonyl (C=O) groups is 2. The predicted octanol–water partition coefficient (Wildman–Crippen LogP) is 16.7. The molecule has 1 fully saturated rings. The molecule has 14 heteroatoms. The maximum absolute atomic E-state index is 13.2. The van der Waals surface area contributed by atoms with Crippen LogP contribution in [0, 0.1) is 5.92 Å². The van der Waals surface area contributed by atoms with Crippen molar-refractivity contribution in [1.29, 1.82) is 0 Å². The third-order valence-corrected chi connectivity index (χ3v) is 17.5. The Bertz CT molecular complexity index is 4240. The highest BCUT2D eigenvalue weighted by molar-refractivity contribution is 7.24. The highest BCUT2D eigenvalue weighted by atomic mass is 32.1. The fourth-order valence-electron chi connectivity index (χ4n) is 10.9. The van der Waals surface area contributed by atoms with Gasteiger partial charge < -0.3 is 38.1 Å². The van der Waals surface area contributed by atoms with Crippen LogP contribution in [0.25, 0.3) is 99.8 Å². The van der Waals surface area contributed by atoms with Crippen LogP contribution in [0.1, 0.15) is 46.7 Å². The lowest BCUT2D eigenvalue weighted by molar-refractivity contribution is -0.147. The summed E-state index contributed by atoms with van der Waals surface area (Å²) < 4.78 is 43.8. The maximum atomic E-state index is 13.2. The molecule has 3 aliphatic rings. The average molecular weight is 1190 g/mol. The van der Waals surface area contributed by atoms with Crippen molar-refractivity contribution in [2.45, 2.75) is 12.8 Å². The van der Waals surface area contributed by atoms with Crippen LogP contribution in [0.4, 0.5) is 0 Å². The first kappa shape index (κ1) is 57.4. The number of aromatic nitrogens is 2. The zero-order valence-electron chi connectivity index (χ0n) is 48.4. The zero-order chi connectivity index (χ0) is 59.6. The van der Waals surface area contributed by atoms with E-state index in [9.17, 15) is 9.59 Å². The Hall–Kier alpha value is -10.0. The Morgan fingerprint density at radius 3 is 1.41 bits per heavy atom. The minimum atomic E-state index is -0.540. The molecular weight excluding hydrogens is 1130 g/mol. The zero-order valence-corrected chi connectivity index (χ0v) is 50.1. The molecule has 1 saturated heterocycles. The van der Waals surface area contributed by atoms with Crippen LogP contribution < -0.4 is 28.4 Å². The summed E-state index contributed by atoms with van der Waals surface area (Å²) in [6, 6.07) is 57.2. The number of nitrogens with zero attached hydrogens (tertiary/aromatic N) is 3. The highest BCUT2D eigenvalue weighted by Gasteiger charge is 2.23. The van der Waals surface area contributed by atoms with Crippen molar-refractivity contribution in [3.05, 3.63) is 216 Å². The van der Waals surface area contributed by atoms with Gasteiger partial charge in [0.25, 0.3) is 0 Å². The lowest BCUT2D eigenvalue weighted by Gasteiger charge is -2.30. The van der Waals surface area contributed by atoms with E-state index in [1.165, 1.54) is 13.2 Å². The van der Waals surface area contributed by atoms with Crippen LogP contribution in [0.5, 0.6) is 34.5 Å². The van der Waals surface area contributed by atoms with E-state index in [2.05, 4.69) is 126 Å². The molecule has 0 radical (unpaired) electrons. The number of likely N-dealkylation sites (tertiary alicyclic amines) is 1. The molecule has 434 valence electrons. The number of piperidine rings is 1. The van der Waals surface area contributed by atoms with Gasteiger partial charge in [0, 0.05) is 66.4 Å². The van der Waals surface area contributed by atoms with E-state index in [0.29, 0.717) is 41.8 Å². The van der Waals surface area contributed by atoms with Crippen molar-refractivity contribution in [1.82, 2.24) is 14.9 Å². The van der Waals surface area contributed by atoms with Crippen LogP contribution in [0.2, 0.25) is 0 Å². The van der Waals surface area contributed by atoms with Crippen LogP contribution in [0.15, 0.2) is 182 Å². The molecule has 0 N–H and O–H groups in total. The lowest BCUT2D eigenvalue weighted by atomic mass is 9.98. The van der Waals surface area contributed by atoms with E-state index < -0.39 is 11.9 Å². The van der Waals surface area contributed by atoms with E-state index in [0.717, 1.165) is 110 Å². The molecule has 0 aliphatic carbocycles. The number of hydrogen-bond donors (Lipinski definition) is 0. The van der Waals surface area contributed by atoms with E-state index >= 15 is 0 Å². The molecule has 12 rings (SSSR count). The minimum absolute atomic E-state index is 0.161. The fourth-order valence-corrected chi connectivity index (χ4v) is 13.2. The Labute approximate surface area is 513 Å². The van der Waals surface area contributed by atoms with Crippen molar-refractivity contribution >= 4 is 89.9 Å². The molecule has 8 bridgehead atoms. The Kier molecular flexibility index (Phi) is 17.5. The SMILES string of the molecule is COc1ccc(/C=C\c2cc(OC)c(OC)c(OC)c2)cc1OC(=O)/C=C/N1CCC(COC(=O)COc2ccc(-c3c4nc(c(-c5ccccc5)c5ccc(s5)c(-c5ccccc5)c5nc(c(-c6ccccc6)c6ccc3s6)C=C5)C=C4)cc2)CC1. The van der Waals surface area contributed by atoms with Gasteiger partial charge in [-0.25, -0.2) is 19.6 Å². The molecule has 0 unspecified atom stereocenters. The molecule has 0 spiro atoms. The topological polar surface area (TPSA) is 128 Å². The number of esters is 2. The van der Waals surface area contributed by atoms with Crippen molar-refractivity contribution in [2.24, 2.45) is 5.92 Å². The summed E-state index contributed by atoms with van der Waals surface area (Å²) in [4.78, 5) is 39.2. The Balaban J connectivity index is 0.727. The number of ether oxygens (including phenoxy) is 7. The van der Waals surface area contributed by atoms with Gasteiger partial charge in [0.05, 0.1) is 57.8 Å². The summed E-state index contributed by atoms with van der Waals surface area (Å²) in [6.07, 6.45) is 17.0. The number of fused-ring (bicyclic) bond motifs is 8. The van der Waals surface area contributed by atoms with Gasteiger partial charge in [-0.1, -0.05) is 121 Å². The fraction of sp³-hybridized carbons (Fsp3) is 0.151. The largest absolute Gasteiger partial charge is 0.493 e. The first-order valence-corrected chi connectivity index (χ1v) is 30.2. The van der Waals surface area contributed by atoms with Crippen molar-refractivity contribution in [2.75, 3.05) is 54.7 Å². The number of benzene rings is 6. The highest BCUT2D eigenvalue weighted by Crippen LogP contribution is 2.44. The molecule has 6 aromatic carbocycles. The quantitative estimate of drug-likeness (QED) is 0.0351. The number of methoxy groups -OCH3 is 4. The van der Waals surface area contributed by atoms with Crippen LogP contribution in [-0.2, 0) is 14.3 Å². The molecule has 0 amide bonds. The maximum Gasteiger partial charge on any atom is 0.344 e. The normalized spacial score (nSPS) is 13.0. The number of carbonyl (C=O) groups excluding carboxylic acids is 2. The minimum Gasteiger partial charge on any atom is -0.493 e. The predicted molar refractivity (Wildman–Crippen MR) is 351 cm³/mol. The first-order chi connectivity index (χ1) is 42.7. The van der Waals surface area contributed by atoms with Gasteiger partial charge in [-0.05, 0) is 137 Å². The monoisotopic (exact) mass is 1190 g/mol. The Morgan fingerprint density at radius 2 is 0.954 bits per heavy atom. The van der Waals surface area contributed by atoms with Crippen LogP contribution in [0.3, 0.4) is 0 Å². The smallest absolute Gasteiger partial charge is 0.344 e. The van der Waals surface area contributed by atoms with Crippen molar-refractivity contribution < 1.29 is 42.7 Å². The molecule has 87 heavy (non-hydrogen) atoms. The van der Waals surface area contributed by atoms with Gasteiger partial charge in [0.15, 0.2) is 29.6 Å². The third kappa shape index (κ3) is 13.0. The second-order valence-corrected chi connectivity index (χ2v) is 22.9. The number of thiophene rings is 2. The molecule has 0 saturated carbocycles. The number of hydrogen-bond acceptors (Lipinski definition) is 14. The van der Waals surface area contributed by atoms with Gasteiger partial charge in [-0.2, -0.15) is 0 Å². The van der Waals surface area contributed by atoms with E-state index in [4.69, 9.17) is 43.1 Å². The van der Waals surface area contributed by atoms with E-state index in [1.54, 1.807) is 62.3 Å². The lowest BCUT2D eigenvalue weighted by Crippen LogP contribution is -2.32. The van der Waals surface area contributed by atoms with Gasteiger partial charge >= 0.3 is 11.9 Å². The third-order valence-electron chi connectivity index (χ3n) is 15.3. The van der Waals surface area contributed by atoms with Gasteiger partial charge in [-0.3, -0.25) is 0 Å². The summed E-state index contributed by atoms with van der Waals surface area (Å²) in [6.45, 7) is 1.41. The summed E-state index contributed by atoms with van der Waals surface area (Å²) >= 11 is 3.45. The second kappa shape index (κ2) is 26.5. The van der Waals surface area contributed by atoms with Crippen LogP contribution in [-0.4, -0.2) is 81.5 Å². The van der Waals surface area contributed by atoms with Crippen LogP contribution >= 0.6 is 22.7 Å². The standard InChI is InChI=1S/C73H61N3O9S2/c1-79-59-31-22-47(20-21-49-43-61(80-2)73(82-4)62(44-49)81-3)42-60(59)85-67(77)38-41-76-39-36-48(37-40-76)45-84-68(78)46-83-54-25-23-53(24-26-54)72-58-30-29-57(75-58)71(52-18-12-7-13-19-52)64-33-32-63(86-64)69(50-14-8-5-9-15-50)55-27-28-56(74-55)70(51-16-10-6-11-17-51)65-34-35-66(72)87-65/h5-35,38,41-44,48H,36-37,39-40,45-46H2,1-4H3/b21-20-,41-38+,69-55?,69-63?,70-56?,70-65?,71-57?,71-64?,72-58?,72-66?. The molecular formula is C73H61N3O9S2. The molecule has 12 nitrogen and oxygen atoms in total. The van der Waals surface area contributed by atoms with Crippen molar-refractivity contribution in [3.63, 3.8) is 0 Å². The van der Waals surface area contributed by atoms with E-state index in [1.807, 2.05) is 72.8 Å². The summed E-state index contributed by atoms with van der Waals surface area (Å²) in [5.41, 5.74) is 13.5. The summed E-state index contributed by atoms with van der Waals surface area (Å²) in [5, 5.41) is 0. The molecule has 0 atom stereocenters.